The SMILES string of the molecule is C[C@@H](CC1CCOCC1)Nc1ccc(NC(=O)C2CC2)nc1. The molecule has 1 saturated heterocycles. The lowest BCUT2D eigenvalue weighted by Crippen LogP contribution is -2.24. The van der Waals surface area contributed by atoms with Gasteiger partial charge in [-0.15, -0.1) is 0 Å². The minimum absolute atomic E-state index is 0.0982. The third-order valence-corrected chi connectivity index (χ3v) is 4.40. The maximum atomic E-state index is 11.7. The molecule has 0 radical (unpaired) electrons. The van der Waals surface area contributed by atoms with Crippen LogP contribution in [0.15, 0.2) is 18.3 Å². The largest absolute Gasteiger partial charge is 0.381 e. The van der Waals surface area contributed by atoms with Crippen molar-refractivity contribution in [3.05, 3.63) is 18.3 Å². The van der Waals surface area contributed by atoms with Crippen LogP contribution >= 0.6 is 0 Å². The average molecular weight is 303 g/mol. The molecule has 2 N–H and O–H groups in total. The zero-order valence-electron chi connectivity index (χ0n) is 13.2. The maximum absolute atomic E-state index is 11.7. The first-order chi connectivity index (χ1) is 10.7. The van der Waals surface area contributed by atoms with E-state index >= 15 is 0 Å². The van der Waals surface area contributed by atoms with Crippen LogP contribution in [0.3, 0.4) is 0 Å². The molecule has 2 aliphatic rings. The Bertz CT molecular complexity index is 493. The highest BCUT2D eigenvalue weighted by Gasteiger charge is 2.29. The molecule has 0 spiro atoms. The molecule has 0 aromatic carbocycles. The fraction of sp³-hybridized carbons (Fsp3) is 0.647. The molecule has 2 heterocycles. The number of nitrogens with zero attached hydrogens (tertiary/aromatic N) is 1. The number of carbonyl (C=O) groups excluding carboxylic acids is 1. The molecule has 1 saturated carbocycles. The Hall–Kier alpha value is -1.62. The van der Waals surface area contributed by atoms with Crippen LogP contribution in [-0.4, -0.2) is 30.1 Å². The zero-order chi connectivity index (χ0) is 15.4. The zero-order valence-corrected chi connectivity index (χ0v) is 13.2. The summed E-state index contributed by atoms with van der Waals surface area (Å²) in [5.41, 5.74) is 1.00. The van der Waals surface area contributed by atoms with Gasteiger partial charge in [0.1, 0.15) is 5.82 Å². The van der Waals surface area contributed by atoms with E-state index in [1.54, 1.807) is 6.20 Å². The molecule has 1 aliphatic carbocycles. The molecule has 0 bridgehead atoms. The fourth-order valence-corrected chi connectivity index (χ4v) is 2.95. The number of aromatic nitrogens is 1. The molecule has 22 heavy (non-hydrogen) atoms. The van der Waals surface area contributed by atoms with Crippen LogP contribution in [0.1, 0.15) is 39.0 Å². The van der Waals surface area contributed by atoms with Crippen LogP contribution in [-0.2, 0) is 9.53 Å². The summed E-state index contributed by atoms with van der Waals surface area (Å²) >= 11 is 0. The Morgan fingerprint density at radius 2 is 2.09 bits per heavy atom. The highest BCUT2D eigenvalue weighted by molar-refractivity contribution is 5.93. The lowest BCUT2D eigenvalue weighted by atomic mass is 9.93. The quantitative estimate of drug-likeness (QED) is 0.848. The van der Waals surface area contributed by atoms with Crippen molar-refractivity contribution in [2.24, 2.45) is 11.8 Å². The van der Waals surface area contributed by atoms with Crippen molar-refractivity contribution in [1.82, 2.24) is 4.98 Å². The number of anilines is 2. The van der Waals surface area contributed by atoms with Crippen molar-refractivity contribution in [2.75, 3.05) is 23.8 Å². The molecule has 1 amide bonds. The molecule has 1 aliphatic heterocycles. The first kappa shape index (κ1) is 15.3. The van der Waals surface area contributed by atoms with Crippen LogP contribution < -0.4 is 10.6 Å². The summed E-state index contributed by atoms with van der Waals surface area (Å²) in [5, 5.41) is 6.35. The van der Waals surface area contributed by atoms with Crippen molar-refractivity contribution < 1.29 is 9.53 Å². The topological polar surface area (TPSA) is 63.2 Å². The predicted molar refractivity (Wildman–Crippen MR) is 86.8 cm³/mol. The van der Waals surface area contributed by atoms with E-state index in [4.69, 9.17) is 4.74 Å². The third-order valence-electron chi connectivity index (χ3n) is 4.40. The smallest absolute Gasteiger partial charge is 0.228 e. The van der Waals surface area contributed by atoms with E-state index in [0.717, 1.165) is 56.9 Å². The van der Waals surface area contributed by atoms with Crippen molar-refractivity contribution in [1.29, 1.82) is 0 Å². The number of amides is 1. The summed E-state index contributed by atoms with van der Waals surface area (Å²) in [7, 11) is 0. The number of ether oxygens (including phenoxy) is 1. The Balaban J connectivity index is 1.46. The van der Waals surface area contributed by atoms with Gasteiger partial charge in [0.2, 0.25) is 5.91 Å². The van der Waals surface area contributed by atoms with E-state index < -0.39 is 0 Å². The predicted octanol–water partition coefficient (Wildman–Crippen LogP) is 3.05. The summed E-state index contributed by atoms with van der Waals surface area (Å²) in [4.78, 5) is 16.0. The summed E-state index contributed by atoms with van der Waals surface area (Å²) in [6.07, 6.45) is 7.30. The molecular weight excluding hydrogens is 278 g/mol. The molecule has 1 aromatic rings. The van der Waals surface area contributed by atoms with E-state index in [1.165, 1.54) is 0 Å². The van der Waals surface area contributed by atoms with E-state index in [2.05, 4.69) is 22.5 Å². The lowest BCUT2D eigenvalue weighted by Gasteiger charge is -2.25. The second-order valence-corrected chi connectivity index (χ2v) is 6.53. The molecular formula is C17H25N3O2. The van der Waals surface area contributed by atoms with Gasteiger partial charge in [0.25, 0.3) is 0 Å². The highest BCUT2D eigenvalue weighted by Crippen LogP contribution is 2.30. The lowest BCUT2D eigenvalue weighted by molar-refractivity contribution is -0.117. The number of nitrogens with one attached hydrogen (secondary N) is 2. The normalized spacial score (nSPS) is 20.4. The summed E-state index contributed by atoms with van der Waals surface area (Å²) < 4.78 is 5.40. The van der Waals surface area contributed by atoms with Gasteiger partial charge in [0.15, 0.2) is 0 Å². The van der Waals surface area contributed by atoms with Gasteiger partial charge in [0.05, 0.1) is 11.9 Å². The molecule has 1 atom stereocenters. The maximum Gasteiger partial charge on any atom is 0.228 e. The molecule has 0 unspecified atom stereocenters. The summed E-state index contributed by atoms with van der Waals surface area (Å²) in [6.45, 7) is 4.00. The summed E-state index contributed by atoms with van der Waals surface area (Å²) in [5.74, 6) is 1.70. The number of hydrogen-bond donors (Lipinski definition) is 2. The second kappa shape index (κ2) is 7.09. The van der Waals surface area contributed by atoms with Gasteiger partial charge in [-0.25, -0.2) is 4.98 Å². The van der Waals surface area contributed by atoms with Crippen molar-refractivity contribution >= 4 is 17.4 Å². The Morgan fingerprint density at radius 3 is 2.73 bits per heavy atom. The number of pyridine rings is 1. The molecule has 120 valence electrons. The molecule has 2 fully saturated rings. The van der Waals surface area contributed by atoms with Gasteiger partial charge >= 0.3 is 0 Å². The number of carbonyl (C=O) groups is 1. The first-order valence-electron chi connectivity index (χ1n) is 8.32. The number of hydrogen-bond acceptors (Lipinski definition) is 4. The van der Waals surface area contributed by atoms with Crippen LogP contribution in [0, 0.1) is 11.8 Å². The van der Waals surface area contributed by atoms with Crippen molar-refractivity contribution in [3.8, 4) is 0 Å². The number of rotatable bonds is 6. The van der Waals surface area contributed by atoms with Crippen molar-refractivity contribution in [3.63, 3.8) is 0 Å². The fourth-order valence-electron chi connectivity index (χ4n) is 2.95. The van der Waals surface area contributed by atoms with E-state index in [-0.39, 0.29) is 11.8 Å². The molecule has 5 heteroatoms. The van der Waals surface area contributed by atoms with Gasteiger partial charge in [0, 0.05) is 25.2 Å². The first-order valence-corrected chi connectivity index (χ1v) is 8.32. The molecule has 3 rings (SSSR count). The van der Waals surface area contributed by atoms with Gasteiger partial charge in [-0.3, -0.25) is 4.79 Å². The van der Waals surface area contributed by atoms with Crippen LogP contribution in [0.4, 0.5) is 11.5 Å². The average Bonchev–Trinajstić information content (AvgIpc) is 3.35. The van der Waals surface area contributed by atoms with Gasteiger partial charge in [-0.2, -0.15) is 0 Å². The highest BCUT2D eigenvalue weighted by atomic mass is 16.5. The molecule has 1 aromatic heterocycles. The van der Waals surface area contributed by atoms with Gasteiger partial charge < -0.3 is 15.4 Å². The van der Waals surface area contributed by atoms with Crippen LogP contribution in [0.5, 0.6) is 0 Å². The minimum atomic E-state index is 0.0982. The van der Waals surface area contributed by atoms with Gasteiger partial charge in [-0.05, 0) is 57.1 Å². The van der Waals surface area contributed by atoms with Crippen LogP contribution in [0.2, 0.25) is 0 Å². The Morgan fingerprint density at radius 1 is 1.32 bits per heavy atom. The standard InChI is InChI=1S/C17H25N3O2/c1-12(10-13-6-8-22-9-7-13)19-15-4-5-16(18-11-15)20-17(21)14-2-3-14/h4-5,11-14,19H,2-3,6-10H2,1H3,(H,18,20,21)/t12-/m0/s1. The van der Waals surface area contributed by atoms with Crippen LogP contribution in [0.25, 0.3) is 0 Å². The van der Waals surface area contributed by atoms with Crippen molar-refractivity contribution in [2.45, 2.75) is 45.1 Å². The monoisotopic (exact) mass is 303 g/mol. The van der Waals surface area contributed by atoms with E-state index in [0.29, 0.717) is 11.9 Å². The Kier molecular flexibility index (Phi) is 4.93. The van der Waals surface area contributed by atoms with E-state index in [1.807, 2.05) is 12.1 Å². The van der Waals surface area contributed by atoms with Gasteiger partial charge in [-0.1, -0.05) is 0 Å². The minimum Gasteiger partial charge on any atom is -0.381 e. The summed E-state index contributed by atoms with van der Waals surface area (Å²) in [6, 6.07) is 4.26. The van der Waals surface area contributed by atoms with E-state index in [9.17, 15) is 4.79 Å². The third kappa shape index (κ3) is 4.44. The molecule has 5 nitrogen and oxygen atoms in total. The Labute approximate surface area is 131 Å². The second-order valence-electron chi connectivity index (χ2n) is 6.53.